The number of halogens is 1. The Bertz CT molecular complexity index is 1030. The summed E-state index contributed by atoms with van der Waals surface area (Å²) in [6, 6.07) is 0.182. The summed E-state index contributed by atoms with van der Waals surface area (Å²) in [7, 11) is 0. The van der Waals surface area contributed by atoms with Gasteiger partial charge in [0.05, 0.1) is 30.5 Å². The smallest absolute Gasteiger partial charge is 0.328 e. The van der Waals surface area contributed by atoms with Gasteiger partial charge in [-0.25, -0.2) is 9.18 Å². The fourth-order valence-electron chi connectivity index (χ4n) is 5.49. The number of barbiturate groups is 1. The number of carbonyl (C=O) groups excluding carboxylic acids is 3. The maximum Gasteiger partial charge on any atom is 0.328 e. The third kappa shape index (κ3) is 2.78. The van der Waals surface area contributed by atoms with Crippen molar-refractivity contribution < 1.29 is 28.3 Å². The first-order valence-electron chi connectivity index (χ1n) is 10.8. The van der Waals surface area contributed by atoms with Gasteiger partial charge in [-0.05, 0) is 46.2 Å². The summed E-state index contributed by atoms with van der Waals surface area (Å²) in [6.45, 7) is 10.2. The van der Waals surface area contributed by atoms with E-state index in [0.717, 1.165) is 0 Å². The van der Waals surface area contributed by atoms with Gasteiger partial charge in [0.1, 0.15) is 0 Å². The molecule has 0 saturated carbocycles. The number of nitrogens with one attached hydrogen (secondary N) is 2. The van der Waals surface area contributed by atoms with E-state index in [1.54, 1.807) is 16.9 Å². The number of rotatable bonds is 0. The molecule has 1 spiro atoms. The molecule has 4 aliphatic rings. The normalized spacial score (nSPS) is 29.1. The SMILES string of the molecule is C[C@@H]1CN2c3c(cc4c(c3F)ON(C(C)(C)C)C4)CC3(C(=O)NC(=O)NC3=O)[C@H]2[C@H](C)O1. The van der Waals surface area contributed by atoms with Gasteiger partial charge in [-0.3, -0.25) is 20.2 Å². The molecule has 4 aliphatic heterocycles. The second-order valence-electron chi connectivity index (χ2n) is 10.1. The molecule has 32 heavy (non-hydrogen) atoms. The number of imide groups is 2. The van der Waals surface area contributed by atoms with Crippen LogP contribution < -0.4 is 20.4 Å². The van der Waals surface area contributed by atoms with Crippen LogP contribution in [0.4, 0.5) is 14.9 Å². The van der Waals surface area contributed by atoms with E-state index in [9.17, 15) is 14.4 Å². The van der Waals surface area contributed by atoms with E-state index in [1.165, 1.54) is 0 Å². The zero-order valence-corrected chi connectivity index (χ0v) is 18.7. The van der Waals surface area contributed by atoms with E-state index in [0.29, 0.717) is 23.4 Å². The summed E-state index contributed by atoms with van der Waals surface area (Å²) in [5.41, 5.74) is -0.440. The number of fused-ring (bicyclic) bond motifs is 5. The summed E-state index contributed by atoms with van der Waals surface area (Å²) in [5, 5.41) is 6.19. The molecule has 2 N–H and O–H groups in total. The molecule has 4 amide bonds. The number of hydroxylamine groups is 2. The molecule has 0 aliphatic carbocycles. The lowest BCUT2D eigenvalue weighted by molar-refractivity contribution is -0.153. The van der Waals surface area contributed by atoms with Crippen LogP contribution in [0.15, 0.2) is 6.07 Å². The van der Waals surface area contributed by atoms with Crippen LogP contribution in [0.25, 0.3) is 0 Å². The highest BCUT2D eigenvalue weighted by Gasteiger charge is 2.63. The number of nitrogens with zero attached hydrogens (tertiary/aromatic N) is 2. The molecule has 2 fully saturated rings. The van der Waals surface area contributed by atoms with Crippen molar-refractivity contribution in [2.75, 3.05) is 11.4 Å². The summed E-state index contributed by atoms with van der Waals surface area (Å²) in [6.07, 6.45) is -0.854. The summed E-state index contributed by atoms with van der Waals surface area (Å²) < 4.78 is 21.9. The van der Waals surface area contributed by atoms with Crippen LogP contribution in [0.2, 0.25) is 0 Å². The van der Waals surface area contributed by atoms with E-state index < -0.39 is 41.2 Å². The third-order valence-corrected chi connectivity index (χ3v) is 6.82. The van der Waals surface area contributed by atoms with Gasteiger partial charge in [0.25, 0.3) is 0 Å². The van der Waals surface area contributed by atoms with Crippen molar-refractivity contribution in [3.8, 4) is 5.75 Å². The maximum atomic E-state index is 16.0. The average molecular weight is 446 g/mol. The Kier molecular flexibility index (Phi) is 4.39. The van der Waals surface area contributed by atoms with Gasteiger partial charge < -0.3 is 14.5 Å². The minimum atomic E-state index is -1.62. The number of morpholine rings is 1. The molecule has 1 aromatic carbocycles. The standard InChI is InChI=1S/C22H27FN4O5/c1-10-8-26-15-12(6-13-9-27(21(3,4)5)32-16(13)14(15)23)7-22(17(26)11(2)31-10)18(28)24-20(30)25-19(22)29/h6,10-11,17H,7-9H2,1-5H3,(H2,24,25,28,29,30)/t10-,11+,17-/m1/s1. The minimum absolute atomic E-state index is 0.0454. The molecule has 4 heterocycles. The molecular formula is C22H27FN4O5. The number of hydrogen-bond acceptors (Lipinski definition) is 7. The zero-order valence-electron chi connectivity index (χ0n) is 18.7. The molecule has 2 saturated heterocycles. The Balaban J connectivity index is 1.69. The quantitative estimate of drug-likeness (QED) is 0.584. The number of hydrogen-bond donors (Lipinski definition) is 2. The Morgan fingerprint density at radius 3 is 2.41 bits per heavy atom. The summed E-state index contributed by atoms with van der Waals surface area (Å²) >= 11 is 0. The number of carbonyl (C=O) groups is 3. The molecule has 3 atom stereocenters. The molecule has 172 valence electrons. The molecule has 10 heteroatoms. The lowest BCUT2D eigenvalue weighted by Gasteiger charge is -2.55. The van der Waals surface area contributed by atoms with E-state index >= 15 is 4.39 Å². The maximum absolute atomic E-state index is 16.0. The largest absolute Gasteiger partial charge is 0.402 e. The first kappa shape index (κ1) is 21.1. The zero-order chi connectivity index (χ0) is 23.2. The van der Waals surface area contributed by atoms with E-state index in [-0.39, 0.29) is 30.4 Å². The van der Waals surface area contributed by atoms with E-state index in [4.69, 9.17) is 9.57 Å². The van der Waals surface area contributed by atoms with Gasteiger partial charge in [0.2, 0.25) is 11.8 Å². The van der Waals surface area contributed by atoms with Crippen LogP contribution in [0.1, 0.15) is 45.7 Å². The van der Waals surface area contributed by atoms with E-state index in [2.05, 4.69) is 10.6 Å². The monoisotopic (exact) mass is 446 g/mol. The van der Waals surface area contributed by atoms with Crippen LogP contribution in [0.5, 0.6) is 5.75 Å². The molecular weight excluding hydrogens is 419 g/mol. The molecule has 1 aromatic rings. The highest BCUT2D eigenvalue weighted by molar-refractivity contribution is 6.20. The molecule has 0 aromatic heterocycles. The van der Waals surface area contributed by atoms with Crippen LogP contribution in [0, 0.1) is 11.2 Å². The van der Waals surface area contributed by atoms with Gasteiger partial charge >= 0.3 is 6.03 Å². The fraction of sp³-hybridized carbons (Fsp3) is 0.591. The Hall–Kier alpha value is -2.72. The first-order valence-corrected chi connectivity index (χ1v) is 10.8. The van der Waals surface area contributed by atoms with Crippen molar-refractivity contribution in [2.45, 2.75) is 71.4 Å². The second-order valence-corrected chi connectivity index (χ2v) is 10.1. The van der Waals surface area contributed by atoms with Gasteiger partial charge in [-0.2, -0.15) is 0 Å². The van der Waals surface area contributed by atoms with Crippen molar-refractivity contribution in [2.24, 2.45) is 5.41 Å². The number of ether oxygens (including phenoxy) is 1. The minimum Gasteiger partial charge on any atom is -0.402 e. The lowest BCUT2D eigenvalue weighted by atomic mass is 9.66. The highest BCUT2D eigenvalue weighted by atomic mass is 19.1. The third-order valence-electron chi connectivity index (χ3n) is 6.82. The van der Waals surface area contributed by atoms with Crippen molar-refractivity contribution in [3.05, 3.63) is 23.0 Å². The number of urea groups is 1. The van der Waals surface area contributed by atoms with Gasteiger partial charge in [-0.1, -0.05) is 0 Å². The average Bonchev–Trinajstić information content (AvgIpc) is 3.10. The molecule has 0 bridgehead atoms. The Labute approximate surface area is 185 Å². The van der Waals surface area contributed by atoms with Crippen LogP contribution in [-0.2, 0) is 27.3 Å². The van der Waals surface area contributed by atoms with Gasteiger partial charge in [0, 0.05) is 24.1 Å². The predicted molar refractivity (Wildman–Crippen MR) is 111 cm³/mol. The Morgan fingerprint density at radius 1 is 1.12 bits per heavy atom. The topological polar surface area (TPSA) is 100 Å². The molecule has 0 radical (unpaired) electrons. The second kappa shape index (κ2) is 6.64. The van der Waals surface area contributed by atoms with Crippen molar-refractivity contribution in [1.82, 2.24) is 15.7 Å². The van der Waals surface area contributed by atoms with E-state index in [1.807, 2.05) is 33.8 Å². The van der Waals surface area contributed by atoms with Gasteiger partial charge in [0.15, 0.2) is 17.0 Å². The van der Waals surface area contributed by atoms with Crippen LogP contribution in [-0.4, -0.2) is 53.2 Å². The highest BCUT2D eigenvalue weighted by Crippen LogP contribution is 2.51. The summed E-state index contributed by atoms with van der Waals surface area (Å²) in [5.74, 6) is -1.71. The van der Waals surface area contributed by atoms with Crippen molar-refractivity contribution in [1.29, 1.82) is 0 Å². The number of amides is 4. The number of anilines is 1. The van der Waals surface area contributed by atoms with Crippen molar-refractivity contribution >= 4 is 23.5 Å². The molecule has 0 unspecified atom stereocenters. The Morgan fingerprint density at radius 2 is 1.78 bits per heavy atom. The predicted octanol–water partition coefficient (Wildman–Crippen LogP) is 1.62. The van der Waals surface area contributed by atoms with Gasteiger partial charge in [-0.15, -0.1) is 5.06 Å². The molecule has 5 rings (SSSR count). The summed E-state index contributed by atoms with van der Waals surface area (Å²) in [4.78, 5) is 45.8. The van der Waals surface area contributed by atoms with Crippen molar-refractivity contribution in [3.63, 3.8) is 0 Å². The van der Waals surface area contributed by atoms with Crippen LogP contribution >= 0.6 is 0 Å². The molecule has 9 nitrogen and oxygen atoms in total. The van der Waals surface area contributed by atoms with Crippen LogP contribution in [0.3, 0.4) is 0 Å². The fourth-order valence-corrected chi connectivity index (χ4v) is 5.49. The number of benzene rings is 1. The lowest BCUT2D eigenvalue weighted by Crippen LogP contribution is -2.75. The first-order chi connectivity index (χ1) is 14.9.